The Bertz CT molecular complexity index is 414. The molecular formula is C14H20F2N2O. The van der Waals surface area contributed by atoms with E-state index in [1.54, 1.807) is 12.1 Å². The molecule has 1 aromatic carbocycles. The zero-order valence-corrected chi connectivity index (χ0v) is 11.3. The van der Waals surface area contributed by atoms with Gasteiger partial charge >= 0.3 is 6.61 Å². The van der Waals surface area contributed by atoms with Crippen LogP contribution in [-0.4, -0.2) is 31.8 Å². The summed E-state index contributed by atoms with van der Waals surface area (Å²) < 4.78 is 29.6. The number of alkyl halides is 2. The zero-order chi connectivity index (χ0) is 13.8. The molecule has 1 fully saturated rings. The zero-order valence-electron chi connectivity index (χ0n) is 11.3. The third-order valence-electron chi connectivity index (χ3n) is 3.48. The number of benzene rings is 1. The van der Waals surface area contributed by atoms with E-state index in [-0.39, 0.29) is 5.75 Å². The summed E-state index contributed by atoms with van der Waals surface area (Å²) in [4.78, 5) is 2.17. The predicted molar refractivity (Wildman–Crippen MR) is 72.0 cm³/mol. The molecule has 1 N–H and O–H groups in total. The van der Waals surface area contributed by atoms with Crippen molar-refractivity contribution in [1.82, 2.24) is 5.32 Å². The van der Waals surface area contributed by atoms with Gasteiger partial charge in [0.1, 0.15) is 5.75 Å². The van der Waals surface area contributed by atoms with Gasteiger partial charge in [0.25, 0.3) is 0 Å². The number of para-hydroxylation sites is 2. The summed E-state index contributed by atoms with van der Waals surface area (Å²) in [6.07, 6.45) is 0.961. The summed E-state index contributed by atoms with van der Waals surface area (Å²) >= 11 is 0. The van der Waals surface area contributed by atoms with Crippen LogP contribution in [0, 0.1) is 0 Å². The van der Waals surface area contributed by atoms with E-state index in [4.69, 9.17) is 0 Å². The van der Waals surface area contributed by atoms with Crippen molar-refractivity contribution in [3.63, 3.8) is 0 Å². The first-order valence-corrected chi connectivity index (χ1v) is 6.65. The van der Waals surface area contributed by atoms with Gasteiger partial charge in [-0.05, 0) is 25.5 Å². The largest absolute Gasteiger partial charge is 0.433 e. The summed E-state index contributed by atoms with van der Waals surface area (Å²) in [5.74, 6) is 0.255. The lowest BCUT2D eigenvalue weighted by molar-refractivity contribution is -0.0495. The van der Waals surface area contributed by atoms with Crippen LogP contribution >= 0.6 is 0 Å². The normalized spacial score (nSPS) is 23.7. The molecule has 106 valence electrons. The van der Waals surface area contributed by atoms with Crippen molar-refractivity contribution < 1.29 is 13.5 Å². The first kappa shape index (κ1) is 14.1. The van der Waals surface area contributed by atoms with Crippen LogP contribution in [0.25, 0.3) is 0 Å². The predicted octanol–water partition coefficient (Wildman–Crippen LogP) is 2.86. The molecule has 0 amide bonds. The highest BCUT2D eigenvalue weighted by Gasteiger charge is 2.27. The van der Waals surface area contributed by atoms with Gasteiger partial charge in [0.2, 0.25) is 0 Å². The minimum atomic E-state index is -2.79. The standard InChI is InChI=1S/C14H20F2N2O/c1-3-11-8-17-10(2)9-18(11)12-6-4-5-7-13(12)19-14(15)16/h4-7,10-11,14,17H,3,8-9H2,1-2H3. The van der Waals surface area contributed by atoms with E-state index in [0.717, 1.165) is 25.2 Å². The maximum atomic E-state index is 12.5. The van der Waals surface area contributed by atoms with Crippen molar-refractivity contribution >= 4 is 5.69 Å². The highest BCUT2D eigenvalue weighted by atomic mass is 19.3. The van der Waals surface area contributed by atoms with Gasteiger partial charge in [-0.25, -0.2) is 0 Å². The van der Waals surface area contributed by atoms with Crippen molar-refractivity contribution in [2.24, 2.45) is 0 Å². The third-order valence-corrected chi connectivity index (χ3v) is 3.48. The van der Waals surface area contributed by atoms with E-state index >= 15 is 0 Å². The number of nitrogens with zero attached hydrogens (tertiary/aromatic N) is 1. The van der Waals surface area contributed by atoms with Crippen molar-refractivity contribution in [2.75, 3.05) is 18.0 Å². The maximum Gasteiger partial charge on any atom is 0.387 e. The van der Waals surface area contributed by atoms with Crippen molar-refractivity contribution in [1.29, 1.82) is 0 Å². The summed E-state index contributed by atoms with van der Waals surface area (Å²) in [7, 11) is 0. The van der Waals surface area contributed by atoms with Gasteiger partial charge in [0.05, 0.1) is 5.69 Å². The molecule has 0 radical (unpaired) electrons. The molecule has 5 heteroatoms. The second kappa shape index (κ2) is 6.19. The first-order chi connectivity index (χ1) is 9.11. The van der Waals surface area contributed by atoms with E-state index in [2.05, 4.69) is 28.8 Å². The Morgan fingerprint density at radius 3 is 2.84 bits per heavy atom. The van der Waals surface area contributed by atoms with Crippen LogP contribution in [0.2, 0.25) is 0 Å². The van der Waals surface area contributed by atoms with Crippen LogP contribution < -0.4 is 15.0 Å². The van der Waals surface area contributed by atoms with E-state index < -0.39 is 6.61 Å². The topological polar surface area (TPSA) is 24.5 Å². The fraction of sp³-hybridized carbons (Fsp3) is 0.571. The number of anilines is 1. The number of nitrogens with one attached hydrogen (secondary N) is 1. The van der Waals surface area contributed by atoms with Crippen LogP contribution in [0.5, 0.6) is 5.75 Å². The Balaban J connectivity index is 2.27. The van der Waals surface area contributed by atoms with E-state index in [0.29, 0.717) is 12.1 Å². The number of rotatable bonds is 4. The summed E-state index contributed by atoms with van der Waals surface area (Å²) in [6.45, 7) is 3.06. The minimum absolute atomic E-state index is 0.255. The number of hydrogen-bond donors (Lipinski definition) is 1. The number of hydrogen-bond acceptors (Lipinski definition) is 3. The van der Waals surface area contributed by atoms with Crippen LogP contribution in [0.3, 0.4) is 0 Å². The first-order valence-electron chi connectivity index (χ1n) is 6.65. The molecule has 1 saturated heterocycles. The molecule has 0 spiro atoms. The van der Waals surface area contributed by atoms with Crippen LogP contribution in [0.1, 0.15) is 20.3 Å². The number of halogens is 2. The Labute approximate surface area is 112 Å². The minimum Gasteiger partial charge on any atom is -0.433 e. The summed E-state index contributed by atoms with van der Waals surface area (Å²) in [5, 5.41) is 3.41. The van der Waals surface area contributed by atoms with Crippen LogP contribution in [0.15, 0.2) is 24.3 Å². The fourth-order valence-corrected chi connectivity index (χ4v) is 2.51. The van der Waals surface area contributed by atoms with Gasteiger partial charge < -0.3 is 15.0 Å². The molecule has 0 saturated carbocycles. The second-order valence-electron chi connectivity index (χ2n) is 4.87. The third kappa shape index (κ3) is 3.35. The molecule has 2 atom stereocenters. The summed E-state index contributed by atoms with van der Waals surface area (Å²) in [6, 6.07) is 7.65. The molecule has 0 bridgehead atoms. The van der Waals surface area contributed by atoms with Gasteiger partial charge in [-0.3, -0.25) is 0 Å². The number of piperazine rings is 1. The monoisotopic (exact) mass is 270 g/mol. The summed E-state index contributed by atoms with van der Waals surface area (Å²) in [5.41, 5.74) is 0.753. The van der Waals surface area contributed by atoms with Gasteiger partial charge in [0, 0.05) is 25.2 Å². The highest BCUT2D eigenvalue weighted by Crippen LogP contribution is 2.32. The number of ether oxygens (including phenoxy) is 1. The van der Waals surface area contributed by atoms with E-state index in [9.17, 15) is 8.78 Å². The maximum absolute atomic E-state index is 12.5. The molecule has 1 heterocycles. The Morgan fingerprint density at radius 1 is 1.42 bits per heavy atom. The van der Waals surface area contributed by atoms with Gasteiger partial charge in [-0.15, -0.1) is 0 Å². The van der Waals surface area contributed by atoms with Gasteiger partial charge in [-0.2, -0.15) is 8.78 Å². The van der Waals surface area contributed by atoms with E-state index in [1.165, 1.54) is 0 Å². The molecule has 19 heavy (non-hydrogen) atoms. The van der Waals surface area contributed by atoms with Crippen LogP contribution in [-0.2, 0) is 0 Å². The van der Waals surface area contributed by atoms with Gasteiger partial charge in [0.15, 0.2) is 0 Å². The average molecular weight is 270 g/mol. The lowest BCUT2D eigenvalue weighted by atomic mass is 10.1. The molecule has 0 aliphatic carbocycles. The molecule has 3 nitrogen and oxygen atoms in total. The molecule has 2 unspecified atom stereocenters. The van der Waals surface area contributed by atoms with Crippen molar-refractivity contribution in [3.8, 4) is 5.75 Å². The average Bonchev–Trinajstić information content (AvgIpc) is 2.38. The Hall–Kier alpha value is -1.36. The fourth-order valence-electron chi connectivity index (χ4n) is 2.51. The highest BCUT2D eigenvalue weighted by molar-refractivity contribution is 5.59. The molecule has 1 aliphatic rings. The van der Waals surface area contributed by atoms with Crippen LogP contribution in [0.4, 0.5) is 14.5 Å². The van der Waals surface area contributed by atoms with Crippen molar-refractivity contribution in [2.45, 2.75) is 39.0 Å². The lowest BCUT2D eigenvalue weighted by Crippen LogP contribution is -2.55. The Kier molecular flexibility index (Phi) is 4.58. The molecule has 0 aromatic heterocycles. The van der Waals surface area contributed by atoms with Gasteiger partial charge in [-0.1, -0.05) is 19.1 Å². The lowest BCUT2D eigenvalue weighted by Gasteiger charge is -2.41. The quantitative estimate of drug-likeness (QED) is 0.910. The SMILES string of the molecule is CCC1CNC(C)CN1c1ccccc1OC(F)F. The molecular weight excluding hydrogens is 250 g/mol. The molecule has 2 rings (SSSR count). The molecule has 1 aliphatic heterocycles. The molecule has 1 aromatic rings. The van der Waals surface area contributed by atoms with Crippen molar-refractivity contribution in [3.05, 3.63) is 24.3 Å². The second-order valence-corrected chi connectivity index (χ2v) is 4.87. The smallest absolute Gasteiger partial charge is 0.387 e. The van der Waals surface area contributed by atoms with E-state index in [1.807, 2.05) is 12.1 Å². The Morgan fingerprint density at radius 2 is 2.16 bits per heavy atom.